The highest BCUT2D eigenvalue weighted by atomic mass is 16.5. The molecule has 4 nitrogen and oxygen atoms in total. The molecular formula is C42H74O4. The number of aliphatic carboxylic acids is 1. The lowest BCUT2D eigenvalue weighted by Crippen LogP contribution is -2.18. The number of carbonyl (C=O) groups is 2. The minimum Gasteiger partial charge on any atom is -0.481 e. The zero-order valence-corrected chi connectivity index (χ0v) is 30.4. The van der Waals surface area contributed by atoms with Gasteiger partial charge in [-0.2, -0.15) is 0 Å². The van der Waals surface area contributed by atoms with Crippen LogP contribution in [0.2, 0.25) is 0 Å². The van der Waals surface area contributed by atoms with Crippen molar-refractivity contribution in [1.29, 1.82) is 0 Å². The van der Waals surface area contributed by atoms with E-state index in [-0.39, 0.29) is 18.5 Å². The van der Waals surface area contributed by atoms with Gasteiger partial charge in [0.25, 0.3) is 0 Å². The number of hydrogen-bond donors (Lipinski definition) is 1. The Bertz CT molecular complexity index is 779. The molecule has 0 aliphatic carbocycles. The number of ether oxygens (including phenoxy) is 1. The molecule has 46 heavy (non-hydrogen) atoms. The highest BCUT2D eigenvalue weighted by Gasteiger charge is 2.15. The fourth-order valence-electron chi connectivity index (χ4n) is 5.65. The van der Waals surface area contributed by atoms with E-state index in [1.54, 1.807) is 0 Å². The van der Waals surface area contributed by atoms with E-state index >= 15 is 0 Å². The number of esters is 1. The molecule has 0 aliphatic heterocycles. The topological polar surface area (TPSA) is 63.6 Å². The molecule has 0 radical (unpaired) electrons. The number of hydrogen-bond acceptors (Lipinski definition) is 3. The normalized spacial score (nSPS) is 12.7. The summed E-state index contributed by atoms with van der Waals surface area (Å²) in [6, 6.07) is 0. The Labute approximate surface area is 285 Å². The first-order valence-corrected chi connectivity index (χ1v) is 19.6. The number of rotatable bonds is 35. The van der Waals surface area contributed by atoms with Crippen LogP contribution >= 0.6 is 0 Å². The first-order chi connectivity index (χ1) is 22.6. The summed E-state index contributed by atoms with van der Waals surface area (Å²) in [7, 11) is 0. The van der Waals surface area contributed by atoms with Gasteiger partial charge in [-0.3, -0.25) is 9.59 Å². The number of unbranched alkanes of at least 4 members (excludes halogenated alkanes) is 18. The Hall–Kier alpha value is -2.10. The van der Waals surface area contributed by atoms with Gasteiger partial charge in [-0.15, -0.1) is 0 Å². The molecule has 0 aromatic heterocycles. The van der Waals surface area contributed by atoms with Gasteiger partial charge in [-0.1, -0.05) is 159 Å². The van der Waals surface area contributed by atoms with Crippen molar-refractivity contribution in [2.45, 2.75) is 206 Å². The molecule has 1 N–H and O–H groups in total. The van der Waals surface area contributed by atoms with E-state index in [1.807, 2.05) is 0 Å². The van der Waals surface area contributed by atoms with Crippen molar-refractivity contribution in [3.63, 3.8) is 0 Å². The molecule has 0 aromatic carbocycles. The van der Waals surface area contributed by atoms with Gasteiger partial charge in [-0.05, 0) is 77.0 Å². The van der Waals surface area contributed by atoms with Gasteiger partial charge >= 0.3 is 11.9 Å². The molecular weight excluding hydrogens is 568 g/mol. The first-order valence-electron chi connectivity index (χ1n) is 19.6. The molecule has 0 bridgehead atoms. The van der Waals surface area contributed by atoms with Crippen molar-refractivity contribution in [3.05, 3.63) is 48.6 Å². The fourth-order valence-corrected chi connectivity index (χ4v) is 5.65. The van der Waals surface area contributed by atoms with Crippen LogP contribution in [0.15, 0.2) is 48.6 Å². The monoisotopic (exact) mass is 643 g/mol. The van der Waals surface area contributed by atoms with Crippen molar-refractivity contribution in [2.75, 3.05) is 0 Å². The van der Waals surface area contributed by atoms with Crippen molar-refractivity contribution in [3.8, 4) is 0 Å². The van der Waals surface area contributed by atoms with E-state index in [4.69, 9.17) is 9.84 Å². The summed E-state index contributed by atoms with van der Waals surface area (Å²) >= 11 is 0. The third kappa shape index (κ3) is 36.4. The predicted molar refractivity (Wildman–Crippen MR) is 199 cm³/mol. The van der Waals surface area contributed by atoms with Crippen LogP contribution in [-0.2, 0) is 14.3 Å². The standard InChI is InChI=1S/C42H74O4/c1-3-5-7-9-11-13-15-16-17-18-19-20-21-22-23-24-26-28-30-32-34-39-42(45)46-40(37-35-38-41(43)44)36-33-31-29-27-25-14-12-10-8-6-4-2/h11,13,16-17,19-20,22-23,40H,3-10,12,14-15,18,21,24-39H2,1-2H3,(H,43,44)/b13-11-,17-16-,20-19-,23-22-. The number of allylic oxidation sites excluding steroid dienone is 8. The third-order valence-corrected chi connectivity index (χ3v) is 8.55. The Balaban J connectivity index is 3.85. The van der Waals surface area contributed by atoms with Gasteiger partial charge in [0.2, 0.25) is 0 Å². The molecule has 266 valence electrons. The summed E-state index contributed by atoms with van der Waals surface area (Å²) in [4.78, 5) is 23.4. The summed E-state index contributed by atoms with van der Waals surface area (Å²) in [5.74, 6) is -0.882. The largest absolute Gasteiger partial charge is 0.481 e. The molecule has 1 atom stereocenters. The summed E-state index contributed by atoms with van der Waals surface area (Å²) < 4.78 is 5.82. The molecule has 0 saturated heterocycles. The van der Waals surface area contributed by atoms with Crippen LogP contribution in [0.4, 0.5) is 0 Å². The highest BCUT2D eigenvalue weighted by molar-refractivity contribution is 5.69. The van der Waals surface area contributed by atoms with Crippen LogP contribution < -0.4 is 0 Å². The van der Waals surface area contributed by atoms with Crippen molar-refractivity contribution >= 4 is 11.9 Å². The van der Waals surface area contributed by atoms with Crippen LogP contribution in [0.5, 0.6) is 0 Å². The minimum atomic E-state index is -0.775. The van der Waals surface area contributed by atoms with Crippen LogP contribution in [-0.4, -0.2) is 23.1 Å². The van der Waals surface area contributed by atoms with Crippen molar-refractivity contribution in [1.82, 2.24) is 0 Å². The number of carboxylic acid groups (broad SMARTS) is 1. The predicted octanol–water partition coefficient (Wildman–Crippen LogP) is 13.6. The fraction of sp³-hybridized carbons (Fsp3) is 0.762. The lowest BCUT2D eigenvalue weighted by atomic mass is 10.0. The van der Waals surface area contributed by atoms with E-state index in [9.17, 15) is 9.59 Å². The maximum Gasteiger partial charge on any atom is 0.306 e. The Morgan fingerprint density at radius 3 is 1.39 bits per heavy atom. The van der Waals surface area contributed by atoms with Gasteiger partial charge < -0.3 is 9.84 Å². The maximum atomic E-state index is 12.5. The second-order valence-corrected chi connectivity index (χ2v) is 13.1. The summed E-state index contributed by atoms with van der Waals surface area (Å²) in [6.45, 7) is 4.51. The van der Waals surface area contributed by atoms with Gasteiger partial charge in [0, 0.05) is 12.8 Å². The van der Waals surface area contributed by atoms with E-state index in [2.05, 4.69) is 62.5 Å². The Kier molecular flexibility index (Phi) is 35.7. The van der Waals surface area contributed by atoms with Crippen LogP contribution in [0.3, 0.4) is 0 Å². The minimum absolute atomic E-state index is 0.107. The second-order valence-electron chi connectivity index (χ2n) is 13.1. The van der Waals surface area contributed by atoms with Crippen LogP contribution in [0.25, 0.3) is 0 Å². The lowest BCUT2D eigenvalue weighted by Gasteiger charge is -2.18. The zero-order valence-electron chi connectivity index (χ0n) is 30.4. The van der Waals surface area contributed by atoms with E-state index < -0.39 is 5.97 Å². The lowest BCUT2D eigenvalue weighted by molar-refractivity contribution is -0.150. The van der Waals surface area contributed by atoms with Gasteiger partial charge in [0.1, 0.15) is 6.10 Å². The highest BCUT2D eigenvalue weighted by Crippen LogP contribution is 2.18. The first kappa shape index (κ1) is 43.9. The summed E-state index contributed by atoms with van der Waals surface area (Å²) in [6.07, 6.45) is 49.8. The Morgan fingerprint density at radius 1 is 0.478 bits per heavy atom. The van der Waals surface area contributed by atoms with Crippen LogP contribution in [0.1, 0.15) is 200 Å². The quantitative estimate of drug-likeness (QED) is 0.0424. The molecule has 0 aromatic rings. The molecule has 0 fully saturated rings. The average molecular weight is 643 g/mol. The summed E-state index contributed by atoms with van der Waals surface area (Å²) in [5, 5.41) is 9.00. The smallest absolute Gasteiger partial charge is 0.306 e. The third-order valence-electron chi connectivity index (χ3n) is 8.55. The second kappa shape index (κ2) is 37.4. The van der Waals surface area contributed by atoms with E-state index in [0.717, 1.165) is 57.8 Å². The molecule has 0 amide bonds. The van der Waals surface area contributed by atoms with E-state index in [1.165, 1.54) is 103 Å². The SMILES string of the molecule is CCCCC/C=C\C/C=C\C/C=C\C/C=C\CCCCCCCC(=O)OC(CCCCCCCCCCCCC)CCCC(=O)O. The van der Waals surface area contributed by atoms with Gasteiger partial charge in [0.15, 0.2) is 0 Å². The van der Waals surface area contributed by atoms with Crippen LogP contribution in [0, 0.1) is 0 Å². The van der Waals surface area contributed by atoms with Gasteiger partial charge in [-0.25, -0.2) is 0 Å². The van der Waals surface area contributed by atoms with E-state index in [0.29, 0.717) is 19.3 Å². The van der Waals surface area contributed by atoms with Crippen molar-refractivity contribution < 1.29 is 19.4 Å². The molecule has 0 rings (SSSR count). The average Bonchev–Trinajstić information content (AvgIpc) is 3.04. The van der Waals surface area contributed by atoms with Crippen molar-refractivity contribution in [2.24, 2.45) is 0 Å². The molecule has 4 heteroatoms. The maximum absolute atomic E-state index is 12.5. The summed E-state index contributed by atoms with van der Waals surface area (Å²) in [5.41, 5.74) is 0. The zero-order chi connectivity index (χ0) is 33.6. The Morgan fingerprint density at radius 2 is 0.870 bits per heavy atom. The number of carbonyl (C=O) groups excluding carboxylic acids is 1. The molecule has 0 saturated carbocycles. The molecule has 0 aliphatic rings. The molecule has 0 heterocycles. The number of carboxylic acids is 1. The van der Waals surface area contributed by atoms with Gasteiger partial charge in [0.05, 0.1) is 0 Å². The molecule has 1 unspecified atom stereocenters. The molecule has 0 spiro atoms.